The van der Waals surface area contributed by atoms with E-state index < -0.39 is 12.0 Å². The number of carbonyl (C=O) groups is 2. The van der Waals surface area contributed by atoms with Crippen LogP contribution in [0, 0.1) is 0 Å². The summed E-state index contributed by atoms with van der Waals surface area (Å²) in [7, 11) is 1.62. The number of carboxylic acid groups (broad SMARTS) is 1. The number of benzene rings is 1. The molecule has 6 nitrogen and oxygen atoms in total. The molecule has 0 aliphatic heterocycles. The molecule has 0 saturated carbocycles. The maximum absolute atomic E-state index is 11.6. The standard InChI is InChI=1S/C13H17ClN2O4/c1-20-7-3-2-6-15-13(19)16-11-8-9(14)4-5-10(11)12(17)18/h4-5,8H,2-3,6-7H2,1H3,(H,17,18)(H2,15,16,19). The van der Waals surface area contributed by atoms with Gasteiger partial charge in [0.25, 0.3) is 0 Å². The second-order valence-electron chi connectivity index (χ2n) is 4.08. The zero-order valence-electron chi connectivity index (χ0n) is 11.1. The highest BCUT2D eigenvalue weighted by Gasteiger charge is 2.12. The summed E-state index contributed by atoms with van der Waals surface area (Å²) in [6.07, 6.45) is 1.62. The largest absolute Gasteiger partial charge is 0.478 e. The van der Waals surface area contributed by atoms with Crippen LogP contribution in [0.1, 0.15) is 23.2 Å². The fourth-order valence-electron chi connectivity index (χ4n) is 1.55. The van der Waals surface area contributed by atoms with E-state index in [1.54, 1.807) is 7.11 Å². The van der Waals surface area contributed by atoms with Crippen LogP contribution in [0.3, 0.4) is 0 Å². The van der Waals surface area contributed by atoms with Gasteiger partial charge >= 0.3 is 12.0 Å². The van der Waals surface area contributed by atoms with E-state index in [9.17, 15) is 9.59 Å². The number of anilines is 1. The molecule has 1 aromatic rings. The van der Waals surface area contributed by atoms with Crippen LogP contribution in [0.25, 0.3) is 0 Å². The molecule has 2 amide bonds. The van der Waals surface area contributed by atoms with Crippen LogP contribution in [-0.2, 0) is 4.74 Å². The Bertz CT molecular complexity index is 479. The average Bonchev–Trinajstić information content (AvgIpc) is 2.38. The smallest absolute Gasteiger partial charge is 0.337 e. The fourth-order valence-corrected chi connectivity index (χ4v) is 1.72. The van der Waals surface area contributed by atoms with Crippen LogP contribution in [-0.4, -0.2) is 37.4 Å². The van der Waals surface area contributed by atoms with Gasteiger partial charge in [0.2, 0.25) is 0 Å². The molecule has 0 fully saturated rings. The molecule has 0 saturated heterocycles. The zero-order valence-corrected chi connectivity index (χ0v) is 11.9. The van der Waals surface area contributed by atoms with Gasteiger partial charge in [-0.25, -0.2) is 9.59 Å². The first-order valence-electron chi connectivity index (χ1n) is 6.11. The molecule has 0 heterocycles. The second kappa shape index (κ2) is 8.39. The Morgan fingerprint density at radius 1 is 1.35 bits per heavy atom. The molecule has 1 rings (SSSR count). The summed E-state index contributed by atoms with van der Waals surface area (Å²) < 4.78 is 4.89. The lowest BCUT2D eigenvalue weighted by molar-refractivity contribution is 0.0698. The van der Waals surface area contributed by atoms with Crippen LogP contribution >= 0.6 is 11.6 Å². The van der Waals surface area contributed by atoms with Gasteiger partial charge in [0, 0.05) is 25.3 Å². The highest BCUT2D eigenvalue weighted by atomic mass is 35.5. The molecule has 0 aliphatic carbocycles. The molecule has 7 heteroatoms. The van der Waals surface area contributed by atoms with Crippen LogP contribution in [0.5, 0.6) is 0 Å². The van der Waals surface area contributed by atoms with Crippen LogP contribution in [0.15, 0.2) is 18.2 Å². The van der Waals surface area contributed by atoms with Gasteiger partial charge in [-0.1, -0.05) is 11.6 Å². The molecule has 0 aromatic heterocycles. The van der Waals surface area contributed by atoms with Crippen LogP contribution in [0.2, 0.25) is 5.02 Å². The van der Waals surface area contributed by atoms with Crippen molar-refractivity contribution in [2.24, 2.45) is 0 Å². The number of carboxylic acids is 1. The average molecular weight is 301 g/mol. The number of hydrogen-bond acceptors (Lipinski definition) is 3. The highest BCUT2D eigenvalue weighted by molar-refractivity contribution is 6.31. The summed E-state index contributed by atoms with van der Waals surface area (Å²) in [4.78, 5) is 22.7. The van der Waals surface area contributed by atoms with Gasteiger partial charge in [0.15, 0.2) is 0 Å². The summed E-state index contributed by atoms with van der Waals surface area (Å²) in [6, 6.07) is 3.74. The number of hydrogen-bond donors (Lipinski definition) is 3. The van der Waals surface area contributed by atoms with Crippen molar-refractivity contribution >= 4 is 29.3 Å². The van der Waals surface area contributed by atoms with Gasteiger partial charge in [-0.15, -0.1) is 0 Å². The number of nitrogens with one attached hydrogen (secondary N) is 2. The summed E-state index contributed by atoms with van der Waals surface area (Å²) in [5.41, 5.74) is 0.156. The topological polar surface area (TPSA) is 87.7 Å². The summed E-state index contributed by atoms with van der Waals surface area (Å²) in [5.74, 6) is -1.13. The predicted octanol–water partition coefficient (Wildman–Crippen LogP) is 2.59. The van der Waals surface area contributed by atoms with Gasteiger partial charge in [-0.2, -0.15) is 0 Å². The number of urea groups is 1. The fraction of sp³-hybridized carbons (Fsp3) is 0.385. The van der Waals surface area contributed by atoms with Gasteiger partial charge in [-0.05, 0) is 31.0 Å². The Balaban J connectivity index is 2.53. The van der Waals surface area contributed by atoms with Crippen molar-refractivity contribution in [2.45, 2.75) is 12.8 Å². The van der Waals surface area contributed by atoms with Crippen molar-refractivity contribution in [3.63, 3.8) is 0 Å². The first-order chi connectivity index (χ1) is 9.54. The third-order valence-electron chi connectivity index (χ3n) is 2.52. The van der Waals surface area contributed by atoms with Crippen molar-refractivity contribution in [3.05, 3.63) is 28.8 Å². The minimum absolute atomic E-state index is 0.0102. The number of unbranched alkanes of at least 4 members (excludes halogenated alkanes) is 1. The Kier molecular flexibility index (Phi) is 6.83. The first kappa shape index (κ1) is 16.3. The third-order valence-corrected chi connectivity index (χ3v) is 2.76. The van der Waals surface area contributed by atoms with Crippen molar-refractivity contribution < 1.29 is 19.4 Å². The number of amides is 2. The lowest BCUT2D eigenvalue weighted by atomic mass is 10.2. The Morgan fingerprint density at radius 2 is 2.10 bits per heavy atom. The maximum atomic E-state index is 11.6. The molecular formula is C13H17ClN2O4. The van der Waals surface area contributed by atoms with E-state index in [1.807, 2.05) is 0 Å². The van der Waals surface area contributed by atoms with Crippen LogP contribution in [0.4, 0.5) is 10.5 Å². The maximum Gasteiger partial charge on any atom is 0.337 e. The van der Waals surface area contributed by atoms with Crippen molar-refractivity contribution in [1.82, 2.24) is 5.32 Å². The molecule has 20 heavy (non-hydrogen) atoms. The summed E-state index contributed by atoms with van der Waals surface area (Å²) >= 11 is 5.79. The quantitative estimate of drug-likeness (QED) is 0.675. The first-order valence-corrected chi connectivity index (χ1v) is 6.49. The minimum Gasteiger partial charge on any atom is -0.478 e. The SMILES string of the molecule is COCCCCNC(=O)Nc1cc(Cl)ccc1C(=O)O. The third kappa shape index (κ3) is 5.46. The predicted molar refractivity (Wildman–Crippen MR) is 76.5 cm³/mol. The van der Waals surface area contributed by atoms with E-state index in [2.05, 4.69) is 10.6 Å². The number of rotatable bonds is 7. The van der Waals surface area contributed by atoms with Crippen molar-refractivity contribution in [2.75, 3.05) is 25.6 Å². The Morgan fingerprint density at radius 3 is 2.75 bits per heavy atom. The highest BCUT2D eigenvalue weighted by Crippen LogP contribution is 2.21. The van der Waals surface area contributed by atoms with E-state index in [0.717, 1.165) is 12.8 Å². The molecule has 0 bridgehead atoms. The number of aromatic carboxylic acids is 1. The van der Waals surface area contributed by atoms with E-state index >= 15 is 0 Å². The number of methoxy groups -OCH3 is 1. The monoisotopic (exact) mass is 300 g/mol. The Labute approximate surface area is 122 Å². The summed E-state index contributed by atoms with van der Waals surface area (Å²) in [5, 5.41) is 14.5. The zero-order chi connectivity index (χ0) is 15.0. The molecule has 110 valence electrons. The van der Waals surface area contributed by atoms with Crippen molar-refractivity contribution in [1.29, 1.82) is 0 Å². The van der Waals surface area contributed by atoms with E-state index in [4.69, 9.17) is 21.4 Å². The van der Waals surface area contributed by atoms with Crippen LogP contribution < -0.4 is 10.6 Å². The minimum atomic E-state index is -1.13. The number of halogens is 1. The Hall–Kier alpha value is -1.79. The lowest BCUT2D eigenvalue weighted by Gasteiger charge is -2.10. The lowest BCUT2D eigenvalue weighted by Crippen LogP contribution is -2.30. The normalized spacial score (nSPS) is 10.1. The van der Waals surface area contributed by atoms with E-state index in [1.165, 1.54) is 18.2 Å². The van der Waals surface area contributed by atoms with E-state index in [-0.39, 0.29) is 11.3 Å². The van der Waals surface area contributed by atoms with Gasteiger partial charge < -0.3 is 20.5 Å². The number of ether oxygens (including phenoxy) is 1. The molecule has 0 radical (unpaired) electrons. The molecule has 3 N–H and O–H groups in total. The van der Waals surface area contributed by atoms with Gasteiger partial charge in [0.1, 0.15) is 0 Å². The molecule has 1 aromatic carbocycles. The van der Waals surface area contributed by atoms with E-state index in [0.29, 0.717) is 18.2 Å². The molecule has 0 spiro atoms. The molecular weight excluding hydrogens is 284 g/mol. The second-order valence-corrected chi connectivity index (χ2v) is 4.51. The van der Waals surface area contributed by atoms with Gasteiger partial charge in [0.05, 0.1) is 11.3 Å². The molecule has 0 aliphatic rings. The molecule has 0 unspecified atom stereocenters. The van der Waals surface area contributed by atoms with Crippen molar-refractivity contribution in [3.8, 4) is 0 Å². The molecule has 0 atom stereocenters. The van der Waals surface area contributed by atoms with Gasteiger partial charge in [-0.3, -0.25) is 0 Å². The number of carbonyl (C=O) groups excluding carboxylic acids is 1. The summed E-state index contributed by atoms with van der Waals surface area (Å²) in [6.45, 7) is 1.12.